The quantitative estimate of drug-likeness (QED) is 0.829. The molecular weight excluding hydrogens is 254 g/mol. The summed E-state index contributed by atoms with van der Waals surface area (Å²) in [4.78, 5) is 18.4. The number of rotatable bonds is 4. The third kappa shape index (κ3) is 2.84. The second-order valence-electron chi connectivity index (χ2n) is 5.05. The molecule has 0 bridgehead atoms. The fourth-order valence-electron chi connectivity index (χ4n) is 2.68. The Labute approximate surface area is 117 Å². The minimum absolute atomic E-state index is 0.167. The van der Waals surface area contributed by atoms with Gasteiger partial charge in [0.05, 0.1) is 25.2 Å². The number of nitrogens with zero attached hydrogens (tertiary/aromatic N) is 5. The maximum Gasteiger partial charge on any atom is 0.227 e. The molecule has 20 heavy (non-hydrogen) atoms. The zero-order chi connectivity index (χ0) is 13.8. The molecule has 2 aromatic rings. The standard InChI is InChI=1S/C14H17N5O/c20-14(9-12-3-1-5-15-10-12)19-7-2-4-13(19)11-18-8-6-16-17-18/h1,3,5-6,8,10,13H,2,4,7,9,11H2/t13-/m0/s1. The normalized spacial score (nSPS) is 18.4. The molecule has 0 unspecified atom stereocenters. The molecule has 1 saturated heterocycles. The van der Waals surface area contributed by atoms with E-state index in [-0.39, 0.29) is 11.9 Å². The average Bonchev–Trinajstić information content (AvgIpc) is 3.12. The Kier molecular flexibility index (Phi) is 3.71. The van der Waals surface area contributed by atoms with E-state index in [0.717, 1.165) is 31.5 Å². The number of carbonyl (C=O) groups excluding carboxylic acids is 1. The van der Waals surface area contributed by atoms with Crippen LogP contribution in [0.4, 0.5) is 0 Å². The summed E-state index contributed by atoms with van der Waals surface area (Å²) in [6.07, 6.45) is 9.47. The van der Waals surface area contributed by atoms with Gasteiger partial charge in [0.1, 0.15) is 0 Å². The summed E-state index contributed by atoms with van der Waals surface area (Å²) in [5.74, 6) is 0.167. The maximum absolute atomic E-state index is 12.4. The lowest BCUT2D eigenvalue weighted by Gasteiger charge is -2.24. The van der Waals surface area contributed by atoms with E-state index < -0.39 is 0 Å². The van der Waals surface area contributed by atoms with Gasteiger partial charge in [-0.2, -0.15) is 0 Å². The van der Waals surface area contributed by atoms with Crippen LogP contribution in [0.25, 0.3) is 0 Å². The van der Waals surface area contributed by atoms with Gasteiger partial charge >= 0.3 is 0 Å². The highest BCUT2D eigenvalue weighted by atomic mass is 16.2. The van der Waals surface area contributed by atoms with Crippen LogP contribution in [0.2, 0.25) is 0 Å². The average molecular weight is 271 g/mol. The summed E-state index contributed by atoms with van der Waals surface area (Å²) >= 11 is 0. The molecule has 3 rings (SSSR count). The number of amides is 1. The van der Waals surface area contributed by atoms with E-state index in [2.05, 4.69) is 15.3 Å². The minimum atomic E-state index is 0.167. The van der Waals surface area contributed by atoms with Crippen LogP contribution in [0.3, 0.4) is 0 Å². The van der Waals surface area contributed by atoms with Crippen LogP contribution >= 0.6 is 0 Å². The number of carbonyl (C=O) groups is 1. The fourth-order valence-corrected chi connectivity index (χ4v) is 2.68. The van der Waals surface area contributed by atoms with E-state index >= 15 is 0 Å². The molecule has 0 N–H and O–H groups in total. The molecule has 6 heteroatoms. The molecule has 1 atom stereocenters. The number of hydrogen-bond acceptors (Lipinski definition) is 4. The molecule has 0 saturated carbocycles. The van der Waals surface area contributed by atoms with Crippen molar-refractivity contribution >= 4 is 5.91 Å². The third-order valence-electron chi connectivity index (χ3n) is 3.65. The van der Waals surface area contributed by atoms with Gasteiger partial charge in [-0.05, 0) is 24.5 Å². The van der Waals surface area contributed by atoms with Crippen molar-refractivity contribution in [2.24, 2.45) is 0 Å². The van der Waals surface area contributed by atoms with Gasteiger partial charge in [0.15, 0.2) is 0 Å². The van der Waals surface area contributed by atoms with Gasteiger partial charge in [0, 0.05) is 25.1 Å². The maximum atomic E-state index is 12.4. The number of hydrogen-bond donors (Lipinski definition) is 0. The highest BCUT2D eigenvalue weighted by molar-refractivity contribution is 5.79. The third-order valence-corrected chi connectivity index (χ3v) is 3.65. The SMILES string of the molecule is O=C(Cc1cccnc1)N1CCC[C@H]1Cn1ccnn1. The monoisotopic (exact) mass is 271 g/mol. The molecule has 0 spiro atoms. The van der Waals surface area contributed by atoms with Crippen molar-refractivity contribution in [3.63, 3.8) is 0 Å². The molecule has 104 valence electrons. The van der Waals surface area contributed by atoms with Gasteiger partial charge in [-0.1, -0.05) is 11.3 Å². The molecule has 0 aliphatic carbocycles. The van der Waals surface area contributed by atoms with Gasteiger partial charge in [-0.3, -0.25) is 14.5 Å². The second kappa shape index (κ2) is 5.81. The predicted molar refractivity (Wildman–Crippen MR) is 72.7 cm³/mol. The molecule has 1 amide bonds. The van der Waals surface area contributed by atoms with Crippen LogP contribution in [-0.2, 0) is 17.8 Å². The van der Waals surface area contributed by atoms with Crippen molar-refractivity contribution in [3.05, 3.63) is 42.5 Å². The summed E-state index contributed by atoms with van der Waals surface area (Å²) in [7, 11) is 0. The second-order valence-corrected chi connectivity index (χ2v) is 5.05. The first kappa shape index (κ1) is 12.8. The summed E-state index contributed by atoms with van der Waals surface area (Å²) in [5, 5.41) is 7.78. The number of likely N-dealkylation sites (tertiary alicyclic amines) is 1. The van der Waals surface area contributed by atoms with E-state index in [1.165, 1.54) is 0 Å². The molecule has 2 aromatic heterocycles. The van der Waals surface area contributed by atoms with Crippen molar-refractivity contribution < 1.29 is 4.79 Å². The summed E-state index contributed by atoms with van der Waals surface area (Å²) in [6, 6.07) is 4.02. The van der Waals surface area contributed by atoms with E-state index in [4.69, 9.17) is 0 Å². The molecular formula is C14H17N5O. The van der Waals surface area contributed by atoms with Gasteiger partial charge < -0.3 is 4.90 Å². The summed E-state index contributed by atoms with van der Waals surface area (Å²) < 4.78 is 1.79. The molecule has 0 aromatic carbocycles. The first-order valence-corrected chi connectivity index (χ1v) is 6.85. The Balaban J connectivity index is 1.64. The Bertz CT molecular complexity index is 554. The Hall–Kier alpha value is -2.24. The number of pyridine rings is 1. The summed E-state index contributed by atoms with van der Waals surface area (Å²) in [5.41, 5.74) is 0.962. The molecule has 0 radical (unpaired) electrons. The van der Waals surface area contributed by atoms with Gasteiger partial charge in [-0.15, -0.1) is 5.10 Å². The van der Waals surface area contributed by atoms with Crippen molar-refractivity contribution in [1.29, 1.82) is 0 Å². The zero-order valence-electron chi connectivity index (χ0n) is 11.2. The molecule has 1 aliphatic heterocycles. The van der Waals surface area contributed by atoms with Crippen LogP contribution in [0.15, 0.2) is 36.9 Å². The predicted octanol–water partition coefficient (Wildman–Crippen LogP) is 0.907. The fraction of sp³-hybridized carbons (Fsp3) is 0.429. The van der Waals surface area contributed by atoms with Gasteiger partial charge in [0.25, 0.3) is 0 Å². The van der Waals surface area contributed by atoms with Crippen LogP contribution < -0.4 is 0 Å². The van der Waals surface area contributed by atoms with E-state index in [1.54, 1.807) is 23.3 Å². The first-order valence-electron chi connectivity index (χ1n) is 6.85. The van der Waals surface area contributed by atoms with Crippen LogP contribution in [0.1, 0.15) is 18.4 Å². The Morgan fingerprint density at radius 3 is 3.10 bits per heavy atom. The zero-order valence-corrected chi connectivity index (χ0v) is 11.2. The van der Waals surface area contributed by atoms with Gasteiger partial charge in [-0.25, -0.2) is 0 Å². The molecule has 6 nitrogen and oxygen atoms in total. The number of aromatic nitrogens is 4. The van der Waals surface area contributed by atoms with E-state index in [0.29, 0.717) is 6.42 Å². The van der Waals surface area contributed by atoms with Crippen molar-refractivity contribution in [2.45, 2.75) is 31.8 Å². The Morgan fingerprint density at radius 2 is 2.35 bits per heavy atom. The summed E-state index contributed by atoms with van der Waals surface area (Å²) in [6.45, 7) is 1.55. The smallest absolute Gasteiger partial charge is 0.227 e. The van der Waals surface area contributed by atoms with Crippen LogP contribution in [0.5, 0.6) is 0 Å². The topological polar surface area (TPSA) is 63.9 Å². The van der Waals surface area contributed by atoms with Crippen LogP contribution in [-0.4, -0.2) is 43.4 Å². The lowest BCUT2D eigenvalue weighted by atomic mass is 10.1. The highest BCUT2D eigenvalue weighted by Crippen LogP contribution is 2.19. The first-order chi connectivity index (χ1) is 9.83. The van der Waals surface area contributed by atoms with E-state index in [9.17, 15) is 4.79 Å². The lowest BCUT2D eigenvalue weighted by molar-refractivity contribution is -0.131. The molecule has 1 fully saturated rings. The highest BCUT2D eigenvalue weighted by Gasteiger charge is 2.28. The lowest BCUT2D eigenvalue weighted by Crippen LogP contribution is -2.39. The minimum Gasteiger partial charge on any atom is -0.338 e. The van der Waals surface area contributed by atoms with E-state index in [1.807, 2.05) is 23.2 Å². The van der Waals surface area contributed by atoms with Crippen molar-refractivity contribution in [1.82, 2.24) is 24.9 Å². The molecule has 3 heterocycles. The van der Waals surface area contributed by atoms with Crippen LogP contribution in [0, 0.1) is 0 Å². The van der Waals surface area contributed by atoms with Crippen molar-refractivity contribution in [2.75, 3.05) is 6.54 Å². The van der Waals surface area contributed by atoms with Gasteiger partial charge in [0.2, 0.25) is 5.91 Å². The molecule has 1 aliphatic rings. The Morgan fingerprint density at radius 1 is 1.40 bits per heavy atom. The van der Waals surface area contributed by atoms with Crippen molar-refractivity contribution in [3.8, 4) is 0 Å². The largest absolute Gasteiger partial charge is 0.338 e.